The number of carbonyl (C=O) groups is 1. The number of ether oxygens (including phenoxy) is 1. The smallest absolute Gasteiger partial charge is 0.175 e. The van der Waals surface area contributed by atoms with E-state index in [9.17, 15) is 4.79 Å². The van der Waals surface area contributed by atoms with Crippen LogP contribution in [0.25, 0.3) is 11.0 Å². The molecule has 5 heteroatoms. The van der Waals surface area contributed by atoms with Crippen LogP contribution in [0.1, 0.15) is 0 Å². The molecule has 2 aromatic rings. The second kappa shape index (κ2) is 3.63. The molecule has 0 atom stereocenters. The van der Waals surface area contributed by atoms with Gasteiger partial charge < -0.3 is 14.7 Å². The average molecular weight is 208 g/mol. The van der Waals surface area contributed by atoms with Crippen LogP contribution in [0.3, 0.4) is 0 Å². The van der Waals surface area contributed by atoms with Crippen molar-refractivity contribution in [2.45, 2.75) is 0 Å². The minimum atomic E-state index is 0.0661. The highest BCUT2D eigenvalue weighted by Crippen LogP contribution is 2.17. The maximum Gasteiger partial charge on any atom is 0.175 e. The van der Waals surface area contributed by atoms with Crippen molar-refractivity contribution in [1.29, 1.82) is 0 Å². The number of hydrogen-bond acceptors (Lipinski definition) is 3. The van der Waals surface area contributed by atoms with Crippen molar-refractivity contribution in [1.82, 2.24) is 9.97 Å². The molecule has 1 aromatic heterocycles. The summed E-state index contributed by atoms with van der Waals surface area (Å²) < 4.78 is 5.71. The lowest BCUT2D eigenvalue weighted by molar-refractivity contribution is -0.109. The summed E-state index contributed by atoms with van der Waals surface area (Å²) in [5, 5.41) is 0. The first-order valence-corrected chi connectivity index (χ1v) is 4.49. The van der Waals surface area contributed by atoms with Gasteiger partial charge in [0, 0.05) is 6.07 Å². The maximum absolute atomic E-state index is 10.1. The molecule has 4 nitrogen and oxygen atoms in total. The Morgan fingerprint density at radius 3 is 2.93 bits per heavy atom. The molecule has 0 amide bonds. The first-order valence-electron chi connectivity index (χ1n) is 4.08. The second-order valence-corrected chi connectivity index (χ2v) is 3.17. The molecule has 1 heterocycles. The van der Waals surface area contributed by atoms with E-state index in [1.807, 2.05) is 6.07 Å². The largest absolute Gasteiger partial charge is 0.486 e. The summed E-state index contributed by atoms with van der Waals surface area (Å²) >= 11 is 4.94. The van der Waals surface area contributed by atoms with Gasteiger partial charge in [0.05, 0.1) is 11.0 Å². The number of aromatic amines is 2. The van der Waals surface area contributed by atoms with Crippen molar-refractivity contribution >= 4 is 29.5 Å². The van der Waals surface area contributed by atoms with Gasteiger partial charge in [-0.1, -0.05) is 0 Å². The quantitative estimate of drug-likeness (QED) is 0.597. The first kappa shape index (κ1) is 8.96. The third kappa shape index (κ3) is 1.67. The van der Waals surface area contributed by atoms with Gasteiger partial charge in [0.25, 0.3) is 0 Å². The standard InChI is InChI=1S/C9H8N2O2S/c12-3-4-13-6-1-2-7-8(5-6)11-9(14)10-7/h1-3,5H,4H2,(H2,10,11,14). The lowest BCUT2D eigenvalue weighted by Crippen LogP contribution is -1.96. The van der Waals surface area contributed by atoms with Gasteiger partial charge in [-0.05, 0) is 24.4 Å². The van der Waals surface area contributed by atoms with Crippen molar-refractivity contribution in [3.63, 3.8) is 0 Å². The number of imidazole rings is 1. The molecule has 14 heavy (non-hydrogen) atoms. The maximum atomic E-state index is 10.1. The molecular weight excluding hydrogens is 200 g/mol. The molecule has 0 radical (unpaired) electrons. The minimum absolute atomic E-state index is 0.0661. The fraction of sp³-hybridized carbons (Fsp3) is 0.111. The molecule has 0 aliphatic heterocycles. The Kier molecular flexibility index (Phi) is 2.32. The highest BCUT2D eigenvalue weighted by atomic mass is 32.1. The van der Waals surface area contributed by atoms with Crippen molar-refractivity contribution in [3.8, 4) is 5.75 Å². The summed E-state index contributed by atoms with van der Waals surface area (Å²) in [6, 6.07) is 5.43. The van der Waals surface area contributed by atoms with Gasteiger partial charge in [-0.2, -0.15) is 0 Å². The first-order chi connectivity index (χ1) is 6.79. The number of benzene rings is 1. The molecule has 0 aliphatic carbocycles. The van der Waals surface area contributed by atoms with Crippen LogP contribution in [-0.2, 0) is 4.79 Å². The Morgan fingerprint density at radius 2 is 2.14 bits per heavy atom. The Bertz CT molecular complexity index is 515. The van der Waals surface area contributed by atoms with Gasteiger partial charge in [-0.3, -0.25) is 4.79 Å². The number of rotatable bonds is 3. The predicted octanol–water partition coefficient (Wildman–Crippen LogP) is 1.80. The summed E-state index contributed by atoms with van der Waals surface area (Å²) in [6.45, 7) is 0.0661. The number of aromatic nitrogens is 2. The Morgan fingerprint density at radius 1 is 1.36 bits per heavy atom. The van der Waals surface area contributed by atoms with Crippen LogP contribution in [0.4, 0.5) is 0 Å². The molecule has 0 saturated carbocycles. The van der Waals surface area contributed by atoms with Gasteiger partial charge in [0.2, 0.25) is 0 Å². The number of nitrogens with one attached hydrogen (secondary N) is 2. The summed E-state index contributed by atoms with van der Waals surface area (Å²) in [7, 11) is 0. The van der Waals surface area contributed by atoms with E-state index < -0.39 is 0 Å². The highest BCUT2D eigenvalue weighted by Gasteiger charge is 1.98. The van der Waals surface area contributed by atoms with E-state index in [1.54, 1.807) is 12.1 Å². The number of hydrogen-bond donors (Lipinski definition) is 2. The summed E-state index contributed by atoms with van der Waals surface area (Å²) in [6.07, 6.45) is 0.712. The number of carbonyl (C=O) groups excluding carboxylic acids is 1. The van der Waals surface area contributed by atoms with Crippen LogP contribution in [0.5, 0.6) is 5.75 Å². The van der Waals surface area contributed by atoms with Crippen LogP contribution in [0.2, 0.25) is 0 Å². The normalized spacial score (nSPS) is 10.3. The zero-order valence-electron chi connectivity index (χ0n) is 7.24. The van der Waals surface area contributed by atoms with E-state index >= 15 is 0 Å². The van der Waals surface area contributed by atoms with Gasteiger partial charge in [-0.15, -0.1) is 0 Å². The molecule has 2 N–H and O–H groups in total. The number of aldehydes is 1. The van der Waals surface area contributed by atoms with Crippen LogP contribution >= 0.6 is 12.2 Å². The fourth-order valence-electron chi connectivity index (χ4n) is 1.23. The third-order valence-corrected chi connectivity index (χ3v) is 2.01. The van der Waals surface area contributed by atoms with E-state index in [1.165, 1.54) is 0 Å². The van der Waals surface area contributed by atoms with E-state index in [2.05, 4.69) is 9.97 Å². The SMILES string of the molecule is O=CCOc1ccc2[nH]c(=S)[nH]c2c1. The van der Waals surface area contributed by atoms with Crippen LogP contribution in [-0.4, -0.2) is 22.9 Å². The minimum Gasteiger partial charge on any atom is -0.486 e. The summed E-state index contributed by atoms with van der Waals surface area (Å²) in [4.78, 5) is 16.0. The molecule has 0 unspecified atom stereocenters. The Labute approximate surface area is 84.9 Å². The van der Waals surface area contributed by atoms with Gasteiger partial charge in [0.1, 0.15) is 12.4 Å². The predicted molar refractivity (Wildman–Crippen MR) is 55.0 cm³/mol. The number of fused-ring (bicyclic) bond motifs is 1. The van der Waals surface area contributed by atoms with Gasteiger partial charge in [-0.25, -0.2) is 0 Å². The molecule has 72 valence electrons. The molecular formula is C9H8N2O2S. The van der Waals surface area contributed by atoms with Gasteiger partial charge in [0.15, 0.2) is 11.1 Å². The molecule has 0 aliphatic rings. The Hall–Kier alpha value is -1.62. The monoisotopic (exact) mass is 208 g/mol. The average Bonchev–Trinajstić information content (AvgIpc) is 2.54. The van der Waals surface area contributed by atoms with Crippen LogP contribution in [0.15, 0.2) is 18.2 Å². The molecule has 2 rings (SSSR count). The number of H-pyrrole nitrogens is 2. The summed E-state index contributed by atoms with van der Waals surface area (Å²) in [5.41, 5.74) is 1.80. The topological polar surface area (TPSA) is 57.9 Å². The lowest BCUT2D eigenvalue weighted by Gasteiger charge is -2.00. The van der Waals surface area contributed by atoms with E-state index in [0.29, 0.717) is 16.8 Å². The van der Waals surface area contributed by atoms with E-state index in [-0.39, 0.29) is 6.61 Å². The van der Waals surface area contributed by atoms with Crippen molar-refractivity contribution in [2.24, 2.45) is 0 Å². The zero-order valence-corrected chi connectivity index (χ0v) is 8.06. The van der Waals surface area contributed by atoms with Crippen LogP contribution in [0, 0.1) is 4.77 Å². The van der Waals surface area contributed by atoms with Crippen LogP contribution < -0.4 is 4.74 Å². The van der Waals surface area contributed by atoms with Crippen molar-refractivity contribution in [2.75, 3.05) is 6.61 Å². The van der Waals surface area contributed by atoms with Crippen molar-refractivity contribution in [3.05, 3.63) is 23.0 Å². The van der Waals surface area contributed by atoms with Gasteiger partial charge >= 0.3 is 0 Å². The van der Waals surface area contributed by atoms with Crippen molar-refractivity contribution < 1.29 is 9.53 Å². The molecule has 0 fully saturated rings. The van der Waals surface area contributed by atoms with E-state index in [0.717, 1.165) is 11.0 Å². The molecule has 0 saturated heterocycles. The molecule has 0 spiro atoms. The molecule has 0 bridgehead atoms. The Balaban J connectivity index is 2.40. The fourth-order valence-corrected chi connectivity index (χ4v) is 1.45. The molecule has 1 aromatic carbocycles. The summed E-state index contributed by atoms with van der Waals surface area (Å²) in [5.74, 6) is 0.648. The third-order valence-electron chi connectivity index (χ3n) is 1.81. The second-order valence-electron chi connectivity index (χ2n) is 2.76. The van der Waals surface area contributed by atoms with E-state index in [4.69, 9.17) is 17.0 Å². The zero-order chi connectivity index (χ0) is 9.97. The highest BCUT2D eigenvalue weighted by molar-refractivity contribution is 7.71. The lowest BCUT2D eigenvalue weighted by atomic mass is 10.3.